The van der Waals surface area contributed by atoms with Crippen molar-refractivity contribution in [2.24, 2.45) is 0 Å². The van der Waals surface area contributed by atoms with E-state index < -0.39 is 11.8 Å². The summed E-state index contributed by atoms with van der Waals surface area (Å²) in [5.41, 5.74) is 2.51. The molecule has 5 nitrogen and oxygen atoms in total. The highest BCUT2D eigenvalue weighted by Crippen LogP contribution is 2.21. The Morgan fingerprint density at radius 1 is 1.09 bits per heavy atom. The van der Waals surface area contributed by atoms with Crippen molar-refractivity contribution >= 4 is 40.6 Å². The highest BCUT2D eigenvalue weighted by atomic mass is 35.5. The lowest BCUT2D eigenvalue weighted by Gasteiger charge is -2.30. The molecule has 0 unspecified atom stereocenters. The molecule has 3 rings (SSSR count). The Bertz CT molecular complexity index is 1100. The molecule has 0 fully saturated rings. The van der Waals surface area contributed by atoms with Crippen molar-refractivity contribution in [2.75, 3.05) is 11.9 Å². The fraction of sp³-hybridized carbons (Fsp3) is 0.280. The molecule has 3 aromatic rings. The van der Waals surface area contributed by atoms with E-state index in [0.717, 1.165) is 16.0 Å². The summed E-state index contributed by atoms with van der Waals surface area (Å²) in [6.07, 6.45) is 0. The highest BCUT2D eigenvalue weighted by Gasteiger charge is 2.24. The molecule has 0 radical (unpaired) electrons. The van der Waals surface area contributed by atoms with Crippen molar-refractivity contribution < 1.29 is 14.0 Å². The van der Waals surface area contributed by atoms with Crippen LogP contribution < -0.4 is 5.32 Å². The number of amides is 3. The highest BCUT2D eigenvalue weighted by molar-refractivity contribution is 7.10. The van der Waals surface area contributed by atoms with Gasteiger partial charge in [-0.05, 0) is 61.5 Å². The van der Waals surface area contributed by atoms with Crippen LogP contribution in [0.25, 0.3) is 0 Å². The molecule has 0 atom stereocenters. The van der Waals surface area contributed by atoms with Gasteiger partial charge >= 0.3 is 6.03 Å². The first kappa shape index (κ1) is 24.7. The third kappa shape index (κ3) is 6.79. The molecule has 2 aromatic carbocycles. The number of anilines is 1. The zero-order valence-electron chi connectivity index (χ0n) is 18.8. The lowest BCUT2D eigenvalue weighted by Crippen LogP contribution is -2.47. The summed E-state index contributed by atoms with van der Waals surface area (Å²) in [5.74, 6) is -0.723. The van der Waals surface area contributed by atoms with Crippen LogP contribution >= 0.6 is 22.9 Å². The zero-order valence-corrected chi connectivity index (χ0v) is 20.4. The van der Waals surface area contributed by atoms with Gasteiger partial charge in [0, 0.05) is 23.2 Å². The molecular formula is C25H27ClFN3O2S. The number of aryl methyl sites for hydroxylation is 1. The van der Waals surface area contributed by atoms with Crippen LogP contribution in [0.4, 0.5) is 14.9 Å². The maximum atomic E-state index is 13.4. The van der Waals surface area contributed by atoms with Crippen LogP contribution in [0.1, 0.15) is 29.9 Å². The van der Waals surface area contributed by atoms with Crippen LogP contribution in [-0.2, 0) is 17.9 Å². The Kier molecular flexibility index (Phi) is 8.47. The van der Waals surface area contributed by atoms with E-state index in [9.17, 15) is 14.0 Å². The van der Waals surface area contributed by atoms with Crippen molar-refractivity contribution in [3.05, 3.63) is 86.8 Å². The molecule has 0 bridgehead atoms. The van der Waals surface area contributed by atoms with E-state index in [2.05, 4.69) is 5.32 Å². The summed E-state index contributed by atoms with van der Waals surface area (Å²) < 4.78 is 13.4. The Hall–Kier alpha value is -2.90. The fourth-order valence-corrected chi connectivity index (χ4v) is 4.38. The van der Waals surface area contributed by atoms with E-state index in [0.29, 0.717) is 18.8 Å². The minimum atomic E-state index is -0.564. The largest absolute Gasteiger partial charge is 0.332 e. The second-order valence-corrected chi connectivity index (χ2v) is 9.45. The minimum absolute atomic E-state index is 0.0830. The average molecular weight is 488 g/mol. The van der Waals surface area contributed by atoms with Crippen LogP contribution in [0.3, 0.4) is 0 Å². The van der Waals surface area contributed by atoms with Crippen LogP contribution in [0.15, 0.2) is 60.0 Å². The van der Waals surface area contributed by atoms with Gasteiger partial charge in [-0.1, -0.05) is 41.9 Å². The summed E-state index contributed by atoms with van der Waals surface area (Å²) >= 11 is 7.43. The predicted molar refractivity (Wildman–Crippen MR) is 132 cm³/mol. The smallest absolute Gasteiger partial charge is 0.322 e. The first-order valence-corrected chi connectivity index (χ1v) is 11.9. The number of nitrogens with one attached hydrogen (secondary N) is 1. The van der Waals surface area contributed by atoms with Crippen LogP contribution in [0, 0.1) is 12.7 Å². The summed E-state index contributed by atoms with van der Waals surface area (Å²) in [5, 5.41) is 4.64. The van der Waals surface area contributed by atoms with Crippen LogP contribution in [0.2, 0.25) is 5.02 Å². The Morgan fingerprint density at radius 2 is 1.82 bits per heavy atom. The first-order chi connectivity index (χ1) is 15.7. The summed E-state index contributed by atoms with van der Waals surface area (Å²) in [6, 6.07) is 15.1. The van der Waals surface area contributed by atoms with E-state index in [-0.39, 0.29) is 23.5 Å². The van der Waals surface area contributed by atoms with Gasteiger partial charge in [-0.25, -0.2) is 9.18 Å². The molecule has 0 aliphatic carbocycles. The number of nitrogens with zero attached hydrogens (tertiary/aromatic N) is 2. The number of thiophene rings is 1. The third-order valence-electron chi connectivity index (χ3n) is 5.23. The quantitative estimate of drug-likeness (QED) is 0.404. The molecule has 3 amide bonds. The van der Waals surface area contributed by atoms with E-state index in [1.165, 1.54) is 23.1 Å². The van der Waals surface area contributed by atoms with Gasteiger partial charge in [-0.2, -0.15) is 0 Å². The van der Waals surface area contributed by atoms with Gasteiger partial charge in [0.2, 0.25) is 5.91 Å². The summed E-state index contributed by atoms with van der Waals surface area (Å²) in [4.78, 5) is 30.7. The lowest BCUT2D eigenvalue weighted by atomic mass is 10.2. The van der Waals surface area contributed by atoms with Gasteiger partial charge in [0.1, 0.15) is 12.4 Å². The molecule has 1 aromatic heterocycles. The maximum absolute atomic E-state index is 13.4. The van der Waals surface area contributed by atoms with Crippen LogP contribution in [-0.4, -0.2) is 34.3 Å². The number of rotatable bonds is 8. The topological polar surface area (TPSA) is 52.7 Å². The van der Waals surface area contributed by atoms with Crippen molar-refractivity contribution in [2.45, 2.75) is 39.9 Å². The number of carbonyl (C=O) groups is 2. The zero-order chi connectivity index (χ0) is 24.0. The number of carbonyl (C=O) groups excluding carboxylic acids is 2. The van der Waals surface area contributed by atoms with E-state index >= 15 is 0 Å². The minimum Gasteiger partial charge on any atom is -0.332 e. The monoisotopic (exact) mass is 487 g/mol. The number of hydrogen-bond donors (Lipinski definition) is 1. The number of urea groups is 1. The normalized spacial score (nSPS) is 10.8. The number of halogens is 2. The van der Waals surface area contributed by atoms with Crippen LogP contribution in [0.5, 0.6) is 0 Å². The van der Waals surface area contributed by atoms with Crippen molar-refractivity contribution in [3.8, 4) is 0 Å². The van der Waals surface area contributed by atoms with E-state index in [1.54, 1.807) is 16.2 Å². The molecule has 0 aliphatic heterocycles. The summed E-state index contributed by atoms with van der Waals surface area (Å²) in [6.45, 7) is 6.54. The Morgan fingerprint density at radius 3 is 2.42 bits per heavy atom. The van der Waals surface area contributed by atoms with Gasteiger partial charge in [-0.3, -0.25) is 4.79 Å². The average Bonchev–Trinajstić information content (AvgIpc) is 3.18. The summed E-state index contributed by atoms with van der Waals surface area (Å²) in [7, 11) is 0. The molecule has 8 heteroatoms. The predicted octanol–water partition coefficient (Wildman–Crippen LogP) is 6.32. The maximum Gasteiger partial charge on any atom is 0.322 e. The molecule has 174 valence electrons. The number of benzene rings is 2. The van der Waals surface area contributed by atoms with E-state index in [1.807, 2.05) is 62.5 Å². The lowest BCUT2D eigenvalue weighted by molar-refractivity contribution is -0.133. The molecule has 1 N–H and O–H groups in total. The van der Waals surface area contributed by atoms with Gasteiger partial charge in [-0.15, -0.1) is 11.3 Å². The van der Waals surface area contributed by atoms with Gasteiger partial charge in [0.25, 0.3) is 0 Å². The van der Waals surface area contributed by atoms with Gasteiger partial charge < -0.3 is 15.1 Å². The Balaban J connectivity index is 1.76. The second kappa shape index (κ2) is 11.3. The van der Waals surface area contributed by atoms with Crippen molar-refractivity contribution in [1.29, 1.82) is 0 Å². The number of hydrogen-bond acceptors (Lipinski definition) is 3. The molecule has 0 saturated heterocycles. The fourth-order valence-electron chi connectivity index (χ4n) is 3.28. The molecule has 0 saturated carbocycles. The van der Waals surface area contributed by atoms with Crippen molar-refractivity contribution in [1.82, 2.24) is 9.80 Å². The molecular weight excluding hydrogens is 461 g/mol. The molecule has 33 heavy (non-hydrogen) atoms. The molecule has 1 heterocycles. The van der Waals surface area contributed by atoms with E-state index in [4.69, 9.17) is 11.6 Å². The second-order valence-electron chi connectivity index (χ2n) is 8.04. The standard InChI is InChI=1S/C25H27ClFN3O2S/c1-17(2)30(25(32)28-20-9-10-22(27)21(26)13-20)16-24(31)29(14-19-7-5-4-6-8-19)15-23-18(3)11-12-33-23/h4-13,17H,14-16H2,1-3H3,(H,28,32). The van der Waals surface area contributed by atoms with Gasteiger partial charge in [0.05, 0.1) is 11.6 Å². The third-order valence-corrected chi connectivity index (χ3v) is 6.53. The SMILES string of the molecule is Cc1ccsc1CN(Cc1ccccc1)C(=O)CN(C(=O)Nc1ccc(F)c(Cl)c1)C(C)C. The molecule has 0 spiro atoms. The first-order valence-electron chi connectivity index (χ1n) is 10.6. The molecule has 0 aliphatic rings. The Labute approximate surface area is 202 Å². The van der Waals surface area contributed by atoms with Gasteiger partial charge in [0.15, 0.2) is 0 Å². The van der Waals surface area contributed by atoms with Crippen molar-refractivity contribution in [3.63, 3.8) is 0 Å².